The van der Waals surface area contributed by atoms with Crippen molar-refractivity contribution in [1.29, 1.82) is 0 Å². The van der Waals surface area contributed by atoms with Gasteiger partial charge in [-0.2, -0.15) is 0 Å². The van der Waals surface area contributed by atoms with Crippen LogP contribution in [0.1, 0.15) is 37.6 Å². The van der Waals surface area contributed by atoms with Gasteiger partial charge in [0.1, 0.15) is 12.2 Å². The highest BCUT2D eigenvalue weighted by Gasteiger charge is 2.43. The average Bonchev–Trinajstić information content (AvgIpc) is 2.45. The van der Waals surface area contributed by atoms with Gasteiger partial charge < -0.3 is 9.47 Å². The third kappa shape index (κ3) is 4.70. The first kappa shape index (κ1) is 17.8. The topological polar surface area (TPSA) is 55.8 Å². The summed E-state index contributed by atoms with van der Waals surface area (Å²) in [6, 6.07) is 8.76. The summed E-state index contributed by atoms with van der Waals surface area (Å²) in [4.78, 5) is 25.9. The Bertz CT molecular complexity index is 555. The Hall–Kier alpha value is -1.56. The summed E-state index contributed by atoms with van der Waals surface area (Å²) >= 11 is 3.40. The monoisotopic (exact) mass is 383 g/mol. The fourth-order valence-electron chi connectivity index (χ4n) is 2.43. The minimum atomic E-state index is -0.547. The maximum Gasteiger partial charge on any atom is 0.410 e. The molecule has 0 aromatic heterocycles. The number of amides is 1. The van der Waals surface area contributed by atoms with Crippen LogP contribution in [0, 0.1) is 0 Å². The summed E-state index contributed by atoms with van der Waals surface area (Å²) < 4.78 is 10.8. The second-order valence-electron chi connectivity index (χ2n) is 6.55. The molecule has 1 fully saturated rings. The number of likely N-dealkylation sites (tertiary alicyclic amines) is 1. The van der Waals surface area contributed by atoms with Gasteiger partial charge >= 0.3 is 12.1 Å². The van der Waals surface area contributed by atoms with Crippen molar-refractivity contribution >= 4 is 28.0 Å². The molecule has 6 heteroatoms. The molecule has 126 valence electrons. The number of benzene rings is 1. The maximum atomic E-state index is 12.3. The smallest absolute Gasteiger partial charge is 0.410 e. The summed E-state index contributed by atoms with van der Waals surface area (Å²) in [7, 11) is 0. The molecule has 1 saturated heterocycles. The number of hydrogen-bond donors (Lipinski definition) is 0. The first-order valence-corrected chi connectivity index (χ1v) is 8.73. The molecule has 2 rings (SSSR count). The molecular formula is C17H22BrNO4. The van der Waals surface area contributed by atoms with E-state index in [0.717, 1.165) is 6.42 Å². The highest BCUT2D eigenvalue weighted by molar-refractivity contribution is 9.09. The molecule has 0 unspecified atom stereocenters. The number of hydrogen-bond acceptors (Lipinski definition) is 4. The molecule has 0 bridgehead atoms. The number of esters is 1. The zero-order valence-corrected chi connectivity index (χ0v) is 15.2. The fourth-order valence-corrected chi connectivity index (χ4v) is 3.01. The van der Waals surface area contributed by atoms with Crippen LogP contribution in [0.5, 0.6) is 0 Å². The Kier molecular flexibility index (Phi) is 5.68. The molecule has 1 aromatic carbocycles. The van der Waals surface area contributed by atoms with Gasteiger partial charge in [0.25, 0.3) is 0 Å². The summed E-state index contributed by atoms with van der Waals surface area (Å²) in [5.74, 6) is -0.378. The van der Waals surface area contributed by atoms with Gasteiger partial charge in [0.05, 0.1) is 11.6 Å². The van der Waals surface area contributed by atoms with E-state index < -0.39 is 5.60 Å². The summed E-state index contributed by atoms with van der Waals surface area (Å²) in [6.45, 7) is 5.67. The average molecular weight is 384 g/mol. The quantitative estimate of drug-likeness (QED) is 0.588. The van der Waals surface area contributed by atoms with E-state index in [1.165, 1.54) is 0 Å². The lowest BCUT2D eigenvalue weighted by atomic mass is 9.95. The van der Waals surface area contributed by atoms with Crippen molar-refractivity contribution in [3.05, 3.63) is 35.9 Å². The highest BCUT2D eigenvalue weighted by atomic mass is 79.9. The van der Waals surface area contributed by atoms with Crippen LogP contribution in [-0.2, 0) is 9.47 Å². The molecule has 23 heavy (non-hydrogen) atoms. The lowest BCUT2D eigenvalue weighted by Gasteiger charge is -2.47. The van der Waals surface area contributed by atoms with Gasteiger partial charge in [0.2, 0.25) is 0 Å². The van der Waals surface area contributed by atoms with Crippen LogP contribution >= 0.6 is 15.9 Å². The fraction of sp³-hybridized carbons (Fsp3) is 0.529. The SMILES string of the molecule is CC(C)(C)OC(=O)N1[C@H](CBr)C[C@H]1COC(=O)c1ccccc1. The molecule has 1 aliphatic heterocycles. The third-order valence-electron chi connectivity index (χ3n) is 3.53. The minimum absolute atomic E-state index is 0.0743. The van der Waals surface area contributed by atoms with Crippen molar-refractivity contribution in [2.75, 3.05) is 11.9 Å². The number of nitrogens with zero attached hydrogens (tertiary/aromatic N) is 1. The number of rotatable bonds is 4. The molecule has 0 aliphatic carbocycles. The number of ether oxygens (including phenoxy) is 2. The molecule has 1 aliphatic rings. The van der Waals surface area contributed by atoms with Gasteiger partial charge in [-0.15, -0.1) is 0 Å². The van der Waals surface area contributed by atoms with Crippen molar-refractivity contribution in [3.63, 3.8) is 0 Å². The zero-order chi connectivity index (χ0) is 17.0. The van der Waals surface area contributed by atoms with E-state index in [2.05, 4.69) is 15.9 Å². The normalized spacial score (nSPS) is 20.6. The van der Waals surface area contributed by atoms with Gasteiger partial charge in [-0.3, -0.25) is 4.90 Å². The largest absolute Gasteiger partial charge is 0.460 e. The van der Waals surface area contributed by atoms with Gasteiger partial charge in [0.15, 0.2) is 0 Å². The summed E-state index contributed by atoms with van der Waals surface area (Å²) in [6.07, 6.45) is 0.418. The van der Waals surface area contributed by atoms with Crippen LogP contribution in [-0.4, -0.2) is 46.6 Å². The number of halogens is 1. The van der Waals surface area contributed by atoms with E-state index in [-0.39, 0.29) is 30.8 Å². The molecule has 1 aromatic rings. The molecule has 0 N–H and O–H groups in total. The Morgan fingerprint density at radius 3 is 2.43 bits per heavy atom. The van der Waals surface area contributed by atoms with Crippen molar-refractivity contribution in [1.82, 2.24) is 4.90 Å². The van der Waals surface area contributed by atoms with E-state index in [9.17, 15) is 9.59 Å². The molecule has 0 spiro atoms. The lowest BCUT2D eigenvalue weighted by molar-refractivity contribution is -0.0440. The highest BCUT2D eigenvalue weighted by Crippen LogP contribution is 2.29. The van der Waals surface area contributed by atoms with Gasteiger partial charge in [-0.1, -0.05) is 34.1 Å². The summed E-state index contributed by atoms with van der Waals surface area (Å²) in [5, 5.41) is 0.676. The van der Waals surface area contributed by atoms with Crippen LogP contribution in [0.4, 0.5) is 4.79 Å². The maximum absolute atomic E-state index is 12.3. The van der Waals surface area contributed by atoms with Crippen molar-refractivity contribution < 1.29 is 19.1 Å². The second kappa shape index (κ2) is 7.34. The second-order valence-corrected chi connectivity index (χ2v) is 7.20. The molecule has 0 radical (unpaired) electrons. The van der Waals surface area contributed by atoms with Gasteiger partial charge in [-0.05, 0) is 39.3 Å². The van der Waals surface area contributed by atoms with E-state index in [0.29, 0.717) is 10.9 Å². The van der Waals surface area contributed by atoms with Crippen molar-refractivity contribution in [3.8, 4) is 0 Å². The van der Waals surface area contributed by atoms with Crippen molar-refractivity contribution in [2.45, 2.75) is 44.9 Å². The molecule has 2 atom stereocenters. The Morgan fingerprint density at radius 1 is 1.22 bits per heavy atom. The predicted octanol–water partition coefficient (Wildman–Crippen LogP) is 3.62. The summed E-state index contributed by atoms with van der Waals surface area (Å²) in [5.41, 5.74) is -0.0397. The molecule has 5 nitrogen and oxygen atoms in total. The van der Waals surface area contributed by atoms with Crippen LogP contribution < -0.4 is 0 Å². The lowest BCUT2D eigenvalue weighted by Crippen LogP contribution is -2.62. The Balaban J connectivity index is 1.92. The van der Waals surface area contributed by atoms with E-state index in [1.807, 2.05) is 26.8 Å². The van der Waals surface area contributed by atoms with Crippen LogP contribution in [0.3, 0.4) is 0 Å². The van der Waals surface area contributed by atoms with Gasteiger partial charge in [0, 0.05) is 11.4 Å². The molecule has 1 amide bonds. The molecular weight excluding hydrogens is 362 g/mol. The zero-order valence-electron chi connectivity index (χ0n) is 13.6. The van der Waals surface area contributed by atoms with Crippen LogP contribution in [0.2, 0.25) is 0 Å². The van der Waals surface area contributed by atoms with Crippen molar-refractivity contribution in [2.24, 2.45) is 0 Å². The first-order valence-electron chi connectivity index (χ1n) is 7.61. The van der Waals surface area contributed by atoms with E-state index in [4.69, 9.17) is 9.47 Å². The van der Waals surface area contributed by atoms with E-state index >= 15 is 0 Å². The standard InChI is InChI=1S/C17H22BrNO4/c1-17(2,3)23-16(21)19-13(10-18)9-14(19)11-22-15(20)12-7-5-4-6-8-12/h4-8,13-14H,9-11H2,1-3H3/t13-,14-/m0/s1. The minimum Gasteiger partial charge on any atom is -0.460 e. The first-order chi connectivity index (χ1) is 10.8. The Labute approximate surface area is 145 Å². The molecule has 1 heterocycles. The molecule has 0 saturated carbocycles. The van der Waals surface area contributed by atoms with E-state index in [1.54, 1.807) is 29.2 Å². The van der Waals surface area contributed by atoms with Crippen LogP contribution in [0.15, 0.2) is 30.3 Å². The third-order valence-corrected chi connectivity index (χ3v) is 4.28. The Morgan fingerprint density at radius 2 is 1.87 bits per heavy atom. The van der Waals surface area contributed by atoms with Crippen LogP contribution in [0.25, 0.3) is 0 Å². The number of carbonyl (C=O) groups is 2. The number of alkyl halides is 1. The predicted molar refractivity (Wildman–Crippen MR) is 90.8 cm³/mol. The number of carbonyl (C=O) groups excluding carboxylic acids is 2. The van der Waals surface area contributed by atoms with Gasteiger partial charge in [-0.25, -0.2) is 9.59 Å².